The van der Waals surface area contributed by atoms with Crippen molar-refractivity contribution in [3.05, 3.63) is 60.2 Å². The van der Waals surface area contributed by atoms with E-state index in [1.54, 1.807) is 12.2 Å². The second-order valence-electron chi connectivity index (χ2n) is 4.27. The lowest BCUT2D eigenvalue weighted by molar-refractivity contribution is -0.142. The molecule has 0 aliphatic heterocycles. The maximum Gasteiger partial charge on any atom is 0.302 e. The van der Waals surface area contributed by atoms with E-state index in [0.717, 1.165) is 27.5 Å². The first-order valence-electron chi connectivity index (χ1n) is 6.10. The van der Waals surface area contributed by atoms with Gasteiger partial charge in [-0.2, -0.15) is 0 Å². The van der Waals surface area contributed by atoms with E-state index >= 15 is 0 Å². The highest BCUT2D eigenvalue weighted by molar-refractivity contribution is 5.92. The summed E-state index contributed by atoms with van der Waals surface area (Å²) in [6.07, 6.45) is 3.57. The molecule has 0 amide bonds. The molecule has 0 saturated carbocycles. The predicted octanol–water partition coefficient (Wildman–Crippen LogP) is 4.19. The zero-order chi connectivity index (χ0) is 13.8. The van der Waals surface area contributed by atoms with Gasteiger partial charge in [0.2, 0.25) is 0 Å². The molecular weight excluding hydrogens is 236 g/mol. The molecular formula is C17H16O2. The van der Waals surface area contributed by atoms with E-state index in [0.29, 0.717) is 0 Å². The molecule has 0 aromatic heterocycles. The second-order valence-corrected chi connectivity index (χ2v) is 4.27. The molecule has 0 radical (unpaired) electrons. The van der Waals surface area contributed by atoms with Gasteiger partial charge in [-0.1, -0.05) is 49.6 Å². The maximum absolute atomic E-state index is 11.0. The Hall–Kier alpha value is -2.35. The van der Waals surface area contributed by atoms with Gasteiger partial charge in [-0.3, -0.25) is 4.79 Å². The van der Waals surface area contributed by atoms with Crippen LogP contribution in [0.3, 0.4) is 0 Å². The van der Waals surface area contributed by atoms with Crippen LogP contribution < -0.4 is 0 Å². The zero-order valence-electron chi connectivity index (χ0n) is 11.0. The summed E-state index contributed by atoms with van der Waals surface area (Å²) >= 11 is 0. The van der Waals surface area contributed by atoms with Gasteiger partial charge in [0.25, 0.3) is 0 Å². The monoisotopic (exact) mass is 252 g/mol. The average Bonchev–Trinajstić information content (AvgIpc) is 2.43. The van der Waals surface area contributed by atoms with E-state index in [1.165, 1.54) is 6.92 Å². The lowest BCUT2D eigenvalue weighted by Crippen LogP contribution is -2.02. The molecule has 0 N–H and O–H groups in total. The Morgan fingerprint density at radius 2 is 2.00 bits per heavy atom. The van der Waals surface area contributed by atoms with Crippen LogP contribution in [0.2, 0.25) is 0 Å². The number of carbonyl (C=O) groups excluding carboxylic acids is 1. The molecule has 2 aromatic carbocycles. The summed E-state index contributed by atoms with van der Waals surface area (Å²) in [4.78, 5) is 11.0. The number of ether oxygens (including phenoxy) is 1. The van der Waals surface area contributed by atoms with Crippen LogP contribution in [0.15, 0.2) is 43.5 Å². The minimum absolute atomic E-state index is 0.249. The predicted molar refractivity (Wildman–Crippen MR) is 79.6 cm³/mol. The summed E-state index contributed by atoms with van der Waals surface area (Å²) in [7, 11) is 0. The van der Waals surface area contributed by atoms with Crippen LogP contribution in [0.4, 0.5) is 0 Å². The van der Waals surface area contributed by atoms with Crippen molar-refractivity contribution in [3.8, 4) is 0 Å². The summed E-state index contributed by atoms with van der Waals surface area (Å²) in [5.41, 5.74) is 2.93. The lowest BCUT2D eigenvalue weighted by Gasteiger charge is -2.13. The smallest absolute Gasteiger partial charge is 0.302 e. The van der Waals surface area contributed by atoms with Crippen molar-refractivity contribution in [2.45, 2.75) is 13.5 Å². The third-order valence-corrected chi connectivity index (χ3v) is 3.08. The van der Waals surface area contributed by atoms with Crippen LogP contribution in [-0.4, -0.2) is 5.97 Å². The molecule has 0 aliphatic rings. The summed E-state index contributed by atoms with van der Waals surface area (Å²) in [5.74, 6) is -0.289. The van der Waals surface area contributed by atoms with Crippen molar-refractivity contribution in [1.82, 2.24) is 0 Å². The lowest BCUT2D eigenvalue weighted by atomic mass is 9.94. The zero-order valence-corrected chi connectivity index (χ0v) is 11.0. The van der Waals surface area contributed by atoms with E-state index in [4.69, 9.17) is 4.74 Å². The van der Waals surface area contributed by atoms with Gasteiger partial charge >= 0.3 is 5.97 Å². The maximum atomic E-state index is 11.0. The highest BCUT2D eigenvalue weighted by Crippen LogP contribution is 2.28. The molecule has 0 fully saturated rings. The van der Waals surface area contributed by atoms with Crippen LogP contribution in [-0.2, 0) is 16.1 Å². The summed E-state index contributed by atoms with van der Waals surface area (Å²) in [5, 5.41) is 2.18. The molecule has 0 bridgehead atoms. The third kappa shape index (κ3) is 2.58. The van der Waals surface area contributed by atoms with Crippen molar-refractivity contribution in [2.24, 2.45) is 0 Å². The van der Waals surface area contributed by atoms with Crippen LogP contribution in [0.5, 0.6) is 0 Å². The van der Waals surface area contributed by atoms with Gasteiger partial charge in [-0.25, -0.2) is 0 Å². The Morgan fingerprint density at radius 1 is 1.26 bits per heavy atom. The van der Waals surface area contributed by atoms with E-state index < -0.39 is 0 Å². The first-order valence-corrected chi connectivity index (χ1v) is 6.10. The summed E-state index contributed by atoms with van der Waals surface area (Å²) < 4.78 is 5.16. The molecule has 2 heteroatoms. The number of hydrogen-bond acceptors (Lipinski definition) is 2. The van der Waals surface area contributed by atoms with E-state index in [2.05, 4.69) is 19.2 Å². The fourth-order valence-electron chi connectivity index (χ4n) is 2.20. The largest absolute Gasteiger partial charge is 0.461 e. The first-order chi connectivity index (χ1) is 9.17. The molecule has 2 nitrogen and oxygen atoms in total. The summed E-state index contributed by atoms with van der Waals surface area (Å²) in [6, 6.07) is 10.1. The Labute approximate surface area is 113 Å². The molecule has 0 saturated heterocycles. The van der Waals surface area contributed by atoms with Gasteiger partial charge in [-0.15, -0.1) is 0 Å². The van der Waals surface area contributed by atoms with Crippen molar-refractivity contribution in [3.63, 3.8) is 0 Å². The second kappa shape index (κ2) is 5.53. The molecule has 2 aromatic rings. The van der Waals surface area contributed by atoms with Gasteiger partial charge in [0.05, 0.1) is 0 Å². The number of esters is 1. The fourth-order valence-corrected chi connectivity index (χ4v) is 2.20. The number of benzene rings is 2. The molecule has 2 rings (SSSR count). The number of hydrogen-bond donors (Lipinski definition) is 0. The average molecular weight is 252 g/mol. The van der Waals surface area contributed by atoms with Gasteiger partial charge in [-0.05, 0) is 28.0 Å². The van der Waals surface area contributed by atoms with Gasteiger partial charge in [0.1, 0.15) is 6.61 Å². The normalized spacial score (nSPS) is 10.2. The summed E-state index contributed by atoms with van der Waals surface area (Å²) in [6.45, 7) is 9.33. The minimum atomic E-state index is -0.289. The van der Waals surface area contributed by atoms with Crippen LogP contribution >= 0.6 is 0 Å². The van der Waals surface area contributed by atoms with Gasteiger partial charge in [0.15, 0.2) is 0 Å². The molecule has 0 aliphatic carbocycles. The minimum Gasteiger partial charge on any atom is -0.461 e. The SMILES string of the molecule is C=Cc1cc2ccccc2c(COC(C)=O)c1C=C. The van der Waals surface area contributed by atoms with Crippen molar-refractivity contribution >= 4 is 28.9 Å². The van der Waals surface area contributed by atoms with Crippen LogP contribution in [0.1, 0.15) is 23.6 Å². The molecule has 0 atom stereocenters. The molecule has 19 heavy (non-hydrogen) atoms. The van der Waals surface area contributed by atoms with Crippen LogP contribution in [0, 0.1) is 0 Å². The van der Waals surface area contributed by atoms with E-state index in [-0.39, 0.29) is 12.6 Å². The Kier molecular flexibility index (Phi) is 3.81. The molecule has 96 valence electrons. The molecule has 0 heterocycles. The van der Waals surface area contributed by atoms with Gasteiger partial charge < -0.3 is 4.74 Å². The van der Waals surface area contributed by atoms with Crippen molar-refractivity contribution in [2.75, 3.05) is 0 Å². The molecule has 0 unspecified atom stereocenters. The number of carbonyl (C=O) groups is 1. The highest BCUT2D eigenvalue weighted by atomic mass is 16.5. The quantitative estimate of drug-likeness (QED) is 0.763. The fraction of sp³-hybridized carbons (Fsp3) is 0.118. The van der Waals surface area contributed by atoms with E-state index in [1.807, 2.05) is 24.3 Å². The topological polar surface area (TPSA) is 26.3 Å². The highest BCUT2D eigenvalue weighted by Gasteiger charge is 2.10. The Morgan fingerprint density at radius 3 is 2.63 bits per heavy atom. The third-order valence-electron chi connectivity index (χ3n) is 3.08. The Bertz CT molecular complexity index is 654. The number of rotatable bonds is 4. The Balaban J connectivity index is 2.69. The van der Waals surface area contributed by atoms with Gasteiger partial charge in [0, 0.05) is 12.5 Å². The standard InChI is InChI=1S/C17H16O2/c1-4-13-10-14-8-6-7-9-16(14)17(15(13)5-2)11-19-12(3)18/h4-10H,1-2,11H2,3H3. The molecule has 0 spiro atoms. The van der Waals surface area contributed by atoms with Crippen molar-refractivity contribution in [1.29, 1.82) is 0 Å². The van der Waals surface area contributed by atoms with Crippen molar-refractivity contribution < 1.29 is 9.53 Å². The number of fused-ring (bicyclic) bond motifs is 1. The first kappa shape index (κ1) is 13.1. The van der Waals surface area contributed by atoms with Crippen LogP contribution in [0.25, 0.3) is 22.9 Å². The van der Waals surface area contributed by atoms with E-state index in [9.17, 15) is 4.79 Å².